The van der Waals surface area contributed by atoms with E-state index in [0.717, 1.165) is 16.2 Å². The SMILES string of the molecule is CN(C)[C@H](CNC(=O)CSc1n[nH]c2nc3ccccc3n12)c1ccccc1. The Morgan fingerprint density at radius 2 is 1.93 bits per heavy atom. The van der Waals surface area contributed by atoms with Crippen LogP contribution in [0.3, 0.4) is 0 Å². The van der Waals surface area contributed by atoms with Crippen LogP contribution in [0.15, 0.2) is 59.8 Å². The molecule has 0 spiro atoms. The van der Waals surface area contributed by atoms with Crippen LogP contribution in [-0.2, 0) is 4.79 Å². The summed E-state index contributed by atoms with van der Waals surface area (Å²) in [5, 5.41) is 11.0. The average molecular weight is 395 g/mol. The third-order valence-corrected chi connectivity index (χ3v) is 5.57. The minimum absolute atomic E-state index is 0.0200. The smallest absolute Gasteiger partial charge is 0.231 e. The molecule has 0 unspecified atom stereocenters. The Hall–Kier alpha value is -2.84. The van der Waals surface area contributed by atoms with Gasteiger partial charge >= 0.3 is 0 Å². The van der Waals surface area contributed by atoms with E-state index in [1.54, 1.807) is 0 Å². The van der Waals surface area contributed by atoms with Gasteiger partial charge in [-0.3, -0.25) is 9.20 Å². The molecule has 0 saturated carbocycles. The standard InChI is InChI=1S/C20H22N6OS/c1-25(2)17(14-8-4-3-5-9-14)12-21-18(27)13-28-20-24-23-19-22-15-10-6-7-11-16(15)26(19)20/h3-11,17H,12-13H2,1-2H3,(H,21,27)(H,22,23)/t17-/m1/s1. The molecule has 28 heavy (non-hydrogen) atoms. The first kappa shape index (κ1) is 18.5. The number of aromatic amines is 1. The molecule has 0 bridgehead atoms. The summed E-state index contributed by atoms with van der Waals surface area (Å²) in [5.41, 5.74) is 3.06. The van der Waals surface area contributed by atoms with Crippen molar-refractivity contribution in [2.24, 2.45) is 0 Å². The van der Waals surface area contributed by atoms with Gasteiger partial charge in [-0.05, 0) is 31.8 Å². The summed E-state index contributed by atoms with van der Waals surface area (Å²) >= 11 is 1.39. The van der Waals surface area contributed by atoms with Gasteiger partial charge in [0.15, 0.2) is 5.16 Å². The largest absolute Gasteiger partial charge is 0.353 e. The van der Waals surface area contributed by atoms with Crippen molar-refractivity contribution >= 4 is 34.5 Å². The molecule has 144 valence electrons. The molecule has 4 aromatic rings. The highest BCUT2D eigenvalue weighted by Crippen LogP contribution is 2.23. The first-order valence-electron chi connectivity index (χ1n) is 9.06. The molecule has 2 N–H and O–H groups in total. The van der Waals surface area contributed by atoms with Gasteiger partial charge in [0.2, 0.25) is 11.7 Å². The molecule has 0 radical (unpaired) electrons. The second kappa shape index (κ2) is 8.04. The number of hydrogen-bond donors (Lipinski definition) is 2. The van der Waals surface area contributed by atoms with Gasteiger partial charge in [0.05, 0.1) is 22.8 Å². The Kier molecular flexibility index (Phi) is 5.31. The van der Waals surface area contributed by atoms with Crippen molar-refractivity contribution in [3.63, 3.8) is 0 Å². The van der Waals surface area contributed by atoms with Gasteiger partial charge in [0.1, 0.15) is 0 Å². The van der Waals surface area contributed by atoms with Crippen molar-refractivity contribution in [1.29, 1.82) is 0 Å². The van der Waals surface area contributed by atoms with Crippen LogP contribution in [0, 0.1) is 0 Å². The van der Waals surface area contributed by atoms with Gasteiger partial charge in [0, 0.05) is 6.54 Å². The fourth-order valence-corrected chi connectivity index (χ4v) is 3.99. The fourth-order valence-electron chi connectivity index (χ4n) is 3.20. The number of carbonyl (C=O) groups is 1. The number of carbonyl (C=O) groups excluding carboxylic acids is 1. The molecule has 2 heterocycles. The van der Waals surface area contributed by atoms with E-state index in [0.29, 0.717) is 18.1 Å². The van der Waals surface area contributed by atoms with E-state index >= 15 is 0 Å². The average Bonchev–Trinajstić information content (AvgIpc) is 3.26. The molecule has 0 saturated heterocycles. The molecule has 0 aliphatic rings. The zero-order valence-corrected chi connectivity index (χ0v) is 16.6. The number of benzene rings is 2. The highest BCUT2D eigenvalue weighted by atomic mass is 32.2. The number of imidazole rings is 1. The van der Waals surface area contributed by atoms with Crippen LogP contribution in [0.25, 0.3) is 16.8 Å². The lowest BCUT2D eigenvalue weighted by atomic mass is 10.1. The summed E-state index contributed by atoms with van der Waals surface area (Å²) in [6, 6.07) is 18.2. The molecule has 7 nitrogen and oxygen atoms in total. The number of para-hydroxylation sites is 2. The molecule has 0 aliphatic heterocycles. The number of H-pyrrole nitrogens is 1. The lowest BCUT2D eigenvalue weighted by Gasteiger charge is -2.25. The lowest BCUT2D eigenvalue weighted by Crippen LogP contribution is -2.35. The second-order valence-electron chi connectivity index (χ2n) is 6.75. The van der Waals surface area contributed by atoms with Gasteiger partial charge in [-0.15, -0.1) is 5.10 Å². The van der Waals surface area contributed by atoms with E-state index in [1.165, 1.54) is 17.3 Å². The van der Waals surface area contributed by atoms with E-state index in [-0.39, 0.29) is 11.9 Å². The fraction of sp³-hybridized carbons (Fsp3) is 0.250. The number of likely N-dealkylation sites (N-methyl/N-ethyl adjacent to an activating group) is 1. The maximum atomic E-state index is 12.4. The number of thioether (sulfide) groups is 1. The van der Waals surface area contributed by atoms with Crippen molar-refractivity contribution in [1.82, 2.24) is 29.8 Å². The predicted octanol–water partition coefficient (Wildman–Crippen LogP) is 2.72. The Morgan fingerprint density at radius 3 is 2.71 bits per heavy atom. The monoisotopic (exact) mass is 394 g/mol. The second-order valence-corrected chi connectivity index (χ2v) is 7.69. The number of hydrogen-bond acceptors (Lipinski definition) is 5. The summed E-state index contributed by atoms with van der Waals surface area (Å²) in [4.78, 5) is 19.0. The third kappa shape index (κ3) is 3.74. The number of aromatic nitrogens is 4. The Balaban J connectivity index is 1.40. The zero-order chi connectivity index (χ0) is 19.5. The van der Waals surface area contributed by atoms with Crippen LogP contribution in [-0.4, -0.2) is 56.8 Å². The molecule has 1 atom stereocenters. The van der Waals surface area contributed by atoms with E-state index in [1.807, 2.05) is 61.0 Å². The topological polar surface area (TPSA) is 78.3 Å². The summed E-state index contributed by atoms with van der Waals surface area (Å²) < 4.78 is 1.94. The molecule has 1 amide bonds. The third-order valence-electron chi connectivity index (χ3n) is 4.64. The molecule has 0 fully saturated rings. The number of nitrogens with one attached hydrogen (secondary N) is 2. The maximum absolute atomic E-state index is 12.4. The quantitative estimate of drug-likeness (QED) is 0.471. The zero-order valence-electron chi connectivity index (χ0n) is 15.8. The van der Waals surface area contributed by atoms with Crippen LogP contribution in [0.2, 0.25) is 0 Å². The number of nitrogens with zero attached hydrogens (tertiary/aromatic N) is 4. The lowest BCUT2D eigenvalue weighted by molar-refractivity contribution is -0.118. The molecule has 2 aromatic heterocycles. The summed E-state index contributed by atoms with van der Waals surface area (Å²) in [6.45, 7) is 0.556. The minimum Gasteiger partial charge on any atom is -0.353 e. The highest BCUT2D eigenvalue weighted by Gasteiger charge is 2.16. The van der Waals surface area contributed by atoms with E-state index < -0.39 is 0 Å². The van der Waals surface area contributed by atoms with Crippen LogP contribution >= 0.6 is 11.8 Å². The first-order chi connectivity index (χ1) is 13.6. The van der Waals surface area contributed by atoms with Crippen LogP contribution in [0.1, 0.15) is 11.6 Å². The van der Waals surface area contributed by atoms with Gasteiger partial charge in [-0.25, -0.2) is 10.1 Å². The van der Waals surface area contributed by atoms with E-state index in [9.17, 15) is 4.79 Å². The van der Waals surface area contributed by atoms with Gasteiger partial charge in [0.25, 0.3) is 0 Å². The Labute approximate surface area is 167 Å². The molecule has 8 heteroatoms. The predicted molar refractivity (Wildman–Crippen MR) is 111 cm³/mol. The summed E-state index contributed by atoms with van der Waals surface area (Å²) in [6.07, 6.45) is 0. The normalized spacial score (nSPS) is 12.7. The summed E-state index contributed by atoms with van der Waals surface area (Å²) in [5.74, 6) is 0.954. The van der Waals surface area contributed by atoms with E-state index in [2.05, 4.69) is 37.5 Å². The van der Waals surface area contributed by atoms with Crippen molar-refractivity contribution in [2.75, 3.05) is 26.4 Å². The number of fused-ring (bicyclic) bond motifs is 3. The summed E-state index contributed by atoms with van der Waals surface area (Å²) in [7, 11) is 4.03. The van der Waals surface area contributed by atoms with Gasteiger partial charge in [-0.2, -0.15) is 0 Å². The highest BCUT2D eigenvalue weighted by molar-refractivity contribution is 7.99. The Morgan fingerprint density at radius 1 is 1.18 bits per heavy atom. The number of rotatable bonds is 7. The van der Waals surface area contributed by atoms with Gasteiger partial charge in [-0.1, -0.05) is 54.2 Å². The molecule has 2 aromatic carbocycles. The van der Waals surface area contributed by atoms with Gasteiger partial charge < -0.3 is 10.2 Å². The van der Waals surface area contributed by atoms with Crippen molar-refractivity contribution < 1.29 is 4.79 Å². The first-order valence-corrected chi connectivity index (χ1v) is 10.0. The van der Waals surface area contributed by atoms with Crippen LogP contribution in [0.4, 0.5) is 0 Å². The van der Waals surface area contributed by atoms with Crippen molar-refractivity contribution in [3.05, 3.63) is 60.2 Å². The van der Waals surface area contributed by atoms with E-state index in [4.69, 9.17) is 0 Å². The minimum atomic E-state index is -0.0200. The van der Waals surface area contributed by atoms with Crippen molar-refractivity contribution in [3.8, 4) is 0 Å². The maximum Gasteiger partial charge on any atom is 0.231 e. The number of amides is 1. The Bertz CT molecular complexity index is 1090. The molecular weight excluding hydrogens is 372 g/mol. The van der Waals surface area contributed by atoms with Crippen molar-refractivity contribution in [2.45, 2.75) is 11.2 Å². The molecule has 0 aliphatic carbocycles. The molecule has 4 rings (SSSR count). The van der Waals surface area contributed by atoms with Crippen LogP contribution in [0.5, 0.6) is 0 Å². The molecular formula is C20H22N6OS. The van der Waals surface area contributed by atoms with Crippen LogP contribution < -0.4 is 5.32 Å².